The van der Waals surface area contributed by atoms with E-state index in [0.717, 1.165) is 45.0 Å². The normalized spacial score (nSPS) is 13.1. The van der Waals surface area contributed by atoms with Gasteiger partial charge in [-0.05, 0) is 35.9 Å². The van der Waals surface area contributed by atoms with Gasteiger partial charge in [-0.2, -0.15) is 0 Å². The molecule has 5 rings (SSSR count). The number of hydrogen-bond acceptors (Lipinski definition) is 5. The molecule has 0 fully saturated rings. The zero-order chi connectivity index (χ0) is 21.3. The van der Waals surface area contributed by atoms with Gasteiger partial charge in [-0.3, -0.25) is 14.8 Å². The molecule has 2 N–H and O–H groups in total. The topological polar surface area (TPSA) is 79.9 Å². The lowest BCUT2D eigenvalue weighted by Crippen LogP contribution is -2.38. The van der Waals surface area contributed by atoms with Gasteiger partial charge >= 0.3 is 0 Å². The third kappa shape index (κ3) is 3.18. The van der Waals surface area contributed by atoms with Crippen molar-refractivity contribution in [2.24, 2.45) is 0 Å². The second-order valence-corrected chi connectivity index (χ2v) is 7.29. The lowest BCUT2D eigenvalue weighted by Gasteiger charge is -2.31. The number of nitrogens with one attached hydrogen (secondary N) is 2. The van der Waals surface area contributed by atoms with Gasteiger partial charge in [0, 0.05) is 46.8 Å². The second-order valence-electron chi connectivity index (χ2n) is 7.29. The molecule has 0 amide bonds. The van der Waals surface area contributed by atoms with Crippen molar-refractivity contribution in [1.29, 1.82) is 0 Å². The van der Waals surface area contributed by atoms with Crippen LogP contribution < -0.4 is 10.1 Å². The fourth-order valence-corrected chi connectivity index (χ4v) is 3.99. The molecule has 6 heteroatoms. The lowest BCUT2D eigenvalue weighted by atomic mass is 9.83. The van der Waals surface area contributed by atoms with Crippen molar-refractivity contribution in [3.05, 3.63) is 96.4 Å². The Kier molecular flexibility index (Phi) is 4.59. The van der Waals surface area contributed by atoms with Gasteiger partial charge in [0.25, 0.3) is 0 Å². The molecule has 0 aliphatic carbocycles. The van der Waals surface area contributed by atoms with Gasteiger partial charge in [0.2, 0.25) is 0 Å². The third-order valence-electron chi connectivity index (χ3n) is 5.53. The van der Waals surface area contributed by atoms with E-state index in [0.29, 0.717) is 5.75 Å². The molecule has 152 valence electrons. The maximum Gasteiger partial charge on any atom is 0.154 e. The first-order valence-electron chi connectivity index (χ1n) is 9.90. The average Bonchev–Trinajstić information content (AvgIpc) is 3.27. The van der Waals surface area contributed by atoms with E-state index < -0.39 is 5.54 Å². The van der Waals surface area contributed by atoms with Crippen LogP contribution in [0, 0.1) is 0 Å². The summed E-state index contributed by atoms with van der Waals surface area (Å²) in [5.74, 6) is 0.702. The van der Waals surface area contributed by atoms with Gasteiger partial charge in [0.1, 0.15) is 11.3 Å². The van der Waals surface area contributed by atoms with Gasteiger partial charge in [0.15, 0.2) is 6.29 Å². The molecule has 3 aromatic carbocycles. The summed E-state index contributed by atoms with van der Waals surface area (Å²) in [5.41, 5.74) is 3.64. The van der Waals surface area contributed by atoms with Crippen LogP contribution in [0.15, 0.2) is 85.3 Å². The van der Waals surface area contributed by atoms with Crippen molar-refractivity contribution in [3.63, 3.8) is 0 Å². The summed E-state index contributed by atoms with van der Waals surface area (Å²) in [6.07, 6.45) is 6.13. The number of fused-ring (bicyclic) bond motifs is 2. The molecule has 0 bridgehead atoms. The molecule has 0 radical (unpaired) electrons. The second kappa shape index (κ2) is 7.57. The minimum absolute atomic E-state index is 0.702. The van der Waals surface area contributed by atoms with Gasteiger partial charge in [-0.1, -0.05) is 30.3 Å². The molecule has 1 atom stereocenters. The van der Waals surface area contributed by atoms with Crippen LogP contribution in [0.1, 0.15) is 11.1 Å². The van der Waals surface area contributed by atoms with Gasteiger partial charge in [-0.15, -0.1) is 0 Å². The van der Waals surface area contributed by atoms with E-state index in [9.17, 15) is 4.79 Å². The first-order valence-corrected chi connectivity index (χ1v) is 9.90. The third-order valence-corrected chi connectivity index (χ3v) is 5.53. The number of carbonyl (C=O) groups is 1. The maximum absolute atomic E-state index is 12.9. The number of anilines is 1. The highest BCUT2D eigenvalue weighted by Gasteiger charge is 2.37. The quantitative estimate of drug-likeness (QED) is 0.399. The standard InChI is InChI=1S/C25H20N4O2/c1-31-19-6-4-5-18(14-19)29-25(16-30,21-15-28-22-8-3-2-7-20(21)22)17-9-10-23-24(13-17)27-12-11-26-23/h2-16,28-29H,1H3. The van der Waals surface area contributed by atoms with E-state index >= 15 is 0 Å². The Hall–Kier alpha value is -4.19. The van der Waals surface area contributed by atoms with E-state index in [4.69, 9.17) is 4.74 Å². The fourth-order valence-electron chi connectivity index (χ4n) is 3.99. The van der Waals surface area contributed by atoms with Crippen LogP contribution in [0.25, 0.3) is 21.9 Å². The number of ether oxygens (including phenoxy) is 1. The molecule has 1 unspecified atom stereocenters. The number of nitrogens with zero attached hydrogens (tertiary/aromatic N) is 2. The first kappa shape index (κ1) is 18.8. The summed E-state index contributed by atoms with van der Waals surface area (Å²) in [6.45, 7) is 0. The highest BCUT2D eigenvalue weighted by atomic mass is 16.5. The number of benzene rings is 3. The molecule has 2 aromatic heterocycles. The number of methoxy groups -OCH3 is 1. The molecule has 2 heterocycles. The van der Waals surface area contributed by atoms with Crippen LogP contribution >= 0.6 is 0 Å². The summed E-state index contributed by atoms with van der Waals surface area (Å²) in [4.78, 5) is 25.0. The number of carbonyl (C=O) groups excluding carboxylic acids is 1. The van der Waals surface area contributed by atoms with Crippen molar-refractivity contribution in [1.82, 2.24) is 15.0 Å². The predicted molar refractivity (Wildman–Crippen MR) is 121 cm³/mol. The number of H-pyrrole nitrogens is 1. The average molecular weight is 408 g/mol. The zero-order valence-corrected chi connectivity index (χ0v) is 16.9. The van der Waals surface area contributed by atoms with E-state index in [-0.39, 0.29) is 0 Å². The lowest BCUT2D eigenvalue weighted by molar-refractivity contribution is -0.110. The molecule has 0 spiro atoms. The molecular weight excluding hydrogens is 388 g/mol. The van der Waals surface area contributed by atoms with Crippen molar-refractivity contribution in [2.45, 2.75) is 5.54 Å². The number of aromatic nitrogens is 3. The highest BCUT2D eigenvalue weighted by molar-refractivity contribution is 5.93. The van der Waals surface area contributed by atoms with E-state index in [1.807, 2.05) is 72.9 Å². The predicted octanol–water partition coefficient (Wildman–Crippen LogP) is 4.67. The summed E-state index contributed by atoms with van der Waals surface area (Å²) in [6, 6.07) is 21.2. The number of aromatic amines is 1. The molecule has 0 aliphatic heterocycles. The molecule has 0 saturated heterocycles. The van der Waals surface area contributed by atoms with E-state index in [2.05, 4.69) is 20.3 Å². The number of hydrogen-bond donors (Lipinski definition) is 2. The Morgan fingerprint density at radius 2 is 1.81 bits per heavy atom. The van der Waals surface area contributed by atoms with Crippen LogP contribution in [0.5, 0.6) is 5.75 Å². The van der Waals surface area contributed by atoms with Crippen molar-refractivity contribution in [2.75, 3.05) is 12.4 Å². The van der Waals surface area contributed by atoms with E-state index in [1.54, 1.807) is 19.5 Å². The van der Waals surface area contributed by atoms with Crippen LogP contribution in [0.4, 0.5) is 5.69 Å². The molecular formula is C25H20N4O2. The smallest absolute Gasteiger partial charge is 0.154 e. The van der Waals surface area contributed by atoms with Gasteiger partial charge < -0.3 is 15.0 Å². The number of para-hydroxylation sites is 1. The molecule has 5 aromatic rings. The van der Waals surface area contributed by atoms with Crippen LogP contribution in [0.3, 0.4) is 0 Å². The number of rotatable bonds is 6. The molecule has 0 saturated carbocycles. The molecule has 31 heavy (non-hydrogen) atoms. The minimum Gasteiger partial charge on any atom is -0.497 e. The van der Waals surface area contributed by atoms with Crippen molar-refractivity contribution in [3.8, 4) is 5.75 Å². The van der Waals surface area contributed by atoms with Gasteiger partial charge in [0.05, 0.1) is 18.1 Å². The summed E-state index contributed by atoms with van der Waals surface area (Å²) in [7, 11) is 1.62. The van der Waals surface area contributed by atoms with Crippen LogP contribution in [-0.4, -0.2) is 28.3 Å². The Labute approximate surface area is 178 Å². The highest BCUT2D eigenvalue weighted by Crippen LogP contribution is 2.37. The van der Waals surface area contributed by atoms with E-state index in [1.165, 1.54) is 0 Å². The summed E-state index contributed by atoms with van der Waals surface area (Å²) >= 11 is 0. The Morgan fingerprint density at radius 3 is 2.65 bits per heavy atom. The molecule has 0 aliphatic rings. The van der Waals surface area contributed by atoms with Crippen molar-refractivity contribution < 1.29 is 9.53 Å². The Bertz CT molecular complexity index is 1390. The number of aldehydes is 1. The summed E-state index contributed by atoms with van der Waals surface area (Å²) < 4.78 is 5.37. The minimum atomic E-state index is -1.16. The zero-order valence-electron chi connectivity index (χ0n) is 16.9. The van der Waals surface area contributed by atoms with Crippen LogP contribution in [-0.2, 0) is 10.3 Å². The fraction of sp³-hybridized carbons (Fsp3) is 0.0800. The first-order chi connectivity index (χ1) is 15.2. The monoisotopic (exact) mass is 408 g/mol. The maximum atomic E-state index is 12.9. The van der Waals surface area contributed by atoms with Gasteiger partial charge in [-0.25, -0.2) is 0 Å². The summed E-state index contributed by atoms with van der Waals surface area (Å²) in [5, 5.41) is 4.44. The van der Waals surface area contributed by atoms with Crippen molar-refractivity contribution >= 4 is 33.9 Å². The largest absolute Gasteiger partial charge is 0.497 e. The SMILES string of the molecule is COc1cccc(NC(C=O)(c2ccc3nccnc3c2)c2c[nH]c3ccccc23)c1. The Morgan fingerprint density at radius 1 is 0.968 bits per heavy atom. The molecule has 6 nitrogen and oxygen atoms in total. The van der Waals surface area contributed by atoms with Crippen LogP contribution in [0.2, 0.25) is 0 Å². The Balaban J connectivity index is 1.76.